The molecule has 0 bridgehead atoms. The number of hydrogen-bond acceptors (Lipinski definition) is 4. The molecule has 2 rings (SSSR count). The standard InChI is InChI=1S/C9H10N2OS/c1-10-9(7-2-3-12-5-7)8-4-11-6-13-8/h2-6,9-10H,1H3. The predicted molar refractivity (Wildman–Crippen MR) is 51.7 cm³/mol. The fraction of sp³-hybridized carbons (Fsp3) is 0.222. The second-order valence-electron chi connectivity index (χ2n) is 2.68. The van der Waals surface area contributed by atoms with Gasteiger partial charge in [-0.1, -0.05) is 0 Å². The summed E-state index contributed by atoms with van der Waals surface area (Å²) in [6.07, 6.45) is 5.31. The van der Waals surface area contributed by atoms with Crippen molar-refractivity contribution in [2.75, 3.05) is 7.05 Å². The van der Waals surface area contributed by atoms with Gasteiger partial charge in [0.2, 0.25) is 0 Å². The molecule has 0 saturated carbocycles. The van der Waals surface area contributed by atoms with Crippen molar-refractivity contribution in [2.24, 2.45) is 0 Å². The Morgan fingerprint density at radius 1 is 1.62 bits per heavy atom. The third-order valence-electron chi connectivity index (χ3n) is 1.90. The lowest BCUT2D eigenvalue weighted by molar-refractivity contribution is 0.558. The van der Waals surface area contributed by atoms with Crippen LogP contribution >= 0.6 is 11.3 Å². The molecule has 1 N–H and O–H groups in total. The molecule has 0 aliphatic heterocycles. The maximum atomic E-state index is 5.04. The minimum Gasteiger partial charge on any atom is -0.472 e. The Balaban J connectivity index is 2.29. The highest BCUT2D eigenvalue weighted by Gasteiger charge is 2.13. The van der Waals surface area contributed by atoms with Crippen LogP contribution in [0.25, 0.3) is 0 Å². The molecule has 0 saturated heterocycles. The Hall–Kier alpha value is -1.13. The van der Waals surface area contributed by atoms with Crippen LogP contribution < -0.4 is 5.32 Å². The number of thiazole rings is 1. The van der Waals surface area contributed by atoms with Gasteiger partial charge in [-0.25, -0.2) is 0 Å². The molecule has 0 aromatic carbocycles. The Bertz CT molecular complexity index is 307. The van der Waals surface area contributed by atoms with Crippen LogP contribution in [0.2, 0.25) is 0 Å². The van der Waals surface area contributed by atoms with E-state index in [1.807, 2.05) is 24.8 Å². The molecule has 0 aliphatic carbocycles. The highest BCUT2D eigenvalue weighted by molar-refractivity contribution is 7.09. The topological polar surface area (TPSA) is 38.1 Å². The number of furan rings is 1. The van der Waals surface area contributed by atoms with Crippen molar-refractivity contribution in [2.45, 2.75) is 6.04 Å². The van der Waals surface area contributed by atoms with E-state index >= 15 is 0 Å². The Morgan fingerprint density at radius 2 is 2.54 bits per heavy atom. The molecule has 0 aliphatic rings. The SMILES string of the molecule is CNC(c1ccoc1)c1cncs1. The number of nitrogens with one attached hydrogen (secondary N) is 1. The van der Waals surface area contributed by atoms with Crippen LogP contribution in [0.15, 0.2) is 34.7 Å². The summed E-state index contributed by atoms with van der Waals surface area (Å²) in [5.41, 5.74) is 2.96. The molecule has 1 atom stereocenters. The minimum absolute atomic E-state index is 0.200. The first-order chi connectivity index (χ1) is 6.42. The third-order valence-corrected chi connectivity index (χ3v) is 2.74. The van der Waals surface area contributed by atoms with E-state index in [1.54, 1.807) is 23.9 Å². The van der Waals surface area contributed by atoms with Crippen LogP contribution in [0, 0.1) is 0 Å². The maximum Gasteiger partial charge on any atom is 0.0954 e. The first-order valence-corrected chi connectivity index (χ1v) is 4.87. The first kappa shape index (κ1) is 8.47. The summed E-state index contributed by atoms with van der Waals surface area (Å²) in [6, 6.07) is 2.16. The lowest BCUT2D eigenvalue weighted by atomic mass is 10.1. The summed E-state index contributed by atoms with van der Waals surface area (Å²) in [5.74, 6) is 0. The van der Waals surface area contributed by atoms with Crippen molar-refractivity contribution in [1.29, 1.82) is 0 Å². The molecule has 68 valence electrons. The normalized spacial score (nSPS) is 13.0. The average Bonchev–Trinajstić information content (AvgIpc) is 2.76. The zero-order valence-electron chi connectivity index (χ0n) is 7.23. The molecule has 4 heteroatoms. The van der Waals surface area contributed by atoms with Crippen LogP contribution in [0.5, 0.6) is 0 Å². The van der Waals surface area contributed by atoms with Crippen LogP contribution in [0.3, 0.4) is 0 Å². The van der Waals surface area contributed by atoms with Crippen molar-refractivity contribution in [3.8, 4) is 0 Å². The van der Waals surface area contributed by atoms with Gasteiger partial charge in [-0.2, -0.15) is 0 Å². The number of aromatic nitrogens is 1. The second-order valence-corrected chi connectivity index (χ2v) is 3.60. The molecule has 2 aromatic heterocycles. The largest absolute Gasteiger partial charge is 0.472 e. The highest BCUT2D eigenvalue weighted by Crippen LogP contribution is 2.24. The predicted octanol–water partition coefficient (Wildman–Crippen LogP) is 2.04. The van der Waals surface area contributed by atoms with Gasteiger partial charge in [0, 0.05) is 16.6 Å². The zero-order valence-corrected chi connectivity index (χ0v) is 8.04. The number of nitrogens with zero attached hydrogens (tertiary/aromatic N) is 1. The van der Waals surface area contributed by atoms with Gasteiger partial charge < -0.3 is 9.73 Å². The highest BCUT2D eigenvalue weighted by atomic mass is 32.1. The van der Waals surface area contributed by atoms with Crippen molar-refractivity contribution in [3.05, 3.63) is 40.7 Å². The lowest BCUT2D eigenvalue weighted by Gasteiger charge is -2.10. The molecular formula is C9H10N2OS. The van der Waals surface area contributed by atoms with Gasteiger partial charge in [0.05, 0.1) is 24.1 Å². The third kappa shape index (κ3) is 1.64. The summed E-state index contributed by atoms with van der Waals surface area (Å²) < 4.78 is 5.04. The number of rotatable bonds is 3. The van der Waals surface area contributed by atoms with Gasteiger partial charge in [0.1, 0.15) is 0 Å². The quantitative estimate of drug-likeness (QED) is 0.812. The average molecular weight is 194 g/mol. The van der Waals surface area contributed by atoms with Gasteiger partial charge in [-0.3, -0.25) is 4.98 Å². The molecule has 13 heavy (non-hydrogen) atoms. The van der Waals surface area contributed by atoms with Gasteiger partial charge in [-0.05, 0) is 13.1 Å². The van der Waals surface area contributed by atoms with E-state index in [2.05, 4.69) is 10.3 Å². The first-order valence-electron chi connectivity index (χ1n) is 3.99. The van der Waals surface area contributed by atoms with E-state index in [0.717, 1.165) is 5.56 Å². The molecular weight excluding hydrogens is 184 g/mol. The lowest BCUT2D eigenvalue weighted by Crippen LogP contribution is -2.15. The molecule has 0 amide bonds. The van der Waals surface area contributed by atoms with Crippen molar-refractivity contribution < 1.29 is 4.42 Å². The van der Waals surface area contributed by atoms with Gasteiger partial charge in [-0.15, -0.1) is 11.3 Å². The van der Waals surface area contributed by atoms with E-state index in [1.165, 1.54) is 4.88 Å². The van der Waals surface area contributed by atoms with E-state index < -0.39 is 0 Å². The van der Waals surface area contributed by atoms with Gasteiger partial charge >= 0.3 is 0 Å². The van der Waals surface area contributed by atoms with Gasteiger partial charge in [0.15, 0.2) is 0 Å². The summed E-state index contributed by atoms with van der Waals surface area (Å²) in [5, 5.41) is 3.22. The fourth-order valence-corrected chi connectivity index (χ4v) is 2.04. The van der Waals surface area contributed by atoms with Crippen LogP contribution in [-0.2, 0) is 0 Å². The fourth-order valence-electron chi connectivity index (χ4n) is 1.28. The van der Waals surface area contributed by atoms with Crippen LogP contribution in [0.4, 0.5) is 0 Å². The smallest absolute Gasteiger partial charge is 0.0954 e. The van der Waals surface area contributed by atoms with Crippen molar-refractivity contribution in [1.82, 2.24) is 10.3 Å². The minimum atomic E-state index is 0.200. The van der Waals surface area contributed by atoms with E-state index in [4.69, 9.17) is 4.42 Å². The number of hydrogen-bond donors (Lipinski definition) is 1. The van der Waals surface area contributed by atoms with E-state index in [0.29, 0.717) is 0 Å². The molecule has 0 fully saturated rings. The second kappa shape index (κ2) is 3.72. The van der Waals surface area contributed by atoms with Gasteiger partial charge in [0.25, 0.3) is 0 Å². The van der Waals surface area contributed by atoms with E-state index in [9.17, 15) is 0 Å². The Morgan fingerprint density at radius 3 is 3.08 bits per heavy atom. The molecule has 0 spiro atoms. The summed E-state index contributed by atoms with van der Waals surface area (Å²) in [7, 11) is 1.93. The molecule has 3 nitrogen and oxygen atoms in total. The molecule has 1 unspecified atom stereocenters. The Kier molecular flexibility index (Phi) is 2.42. The van der Waals surface area contributed by atoms with Crippen LogP contribution in [-0.4, -0.2) is 12.0 Å². The monoisotopic (exact) mass is 194 g/mol. The Labute approximate surface area is 80.4 Å². The maximum absolute atomic E-state index is 5.04. The molecule has 2 aromatic rings. The zero-order chi connectivity index (χ0) is 9.10. The molecule has 2 heterocycles. The van der Waals surface area contributed by atoms with Crippen LogP contribution in [0.1, 0.15) is 16.5 Å². The summed E-state index contributed by atoms with van der Waals surface area (Å²) in [6.45, 7) is 0. The van der Waals surface area contributed by atoms with Crippen molar-refractivity contribution in [3.63, 3.8) is 0 Å². The van der Waals surface area contributed by atoms with E-state index in [-0.39, 0.29) is 6.04 Å². The molecule has 0 radical (unpaired) electrons. The summed E-state index contributed by atoms with van der Waals surface area (Å²) >= 11 is 1.64. The summed E-state index contributed by atoms with van der Waals surface area (Å²) in [4.78, 5) is 5.25. The van der Waals surface area contributed by atoms with Crippen molar-refractivity contribution >= 4 is 11.3 Å².